The fourth-order valence-corrected chi connectivity index (χ4v) is 4.30. The minimum atomic E-state index is 0.262. The fraction of sp³-hybridized carbons (Fsp3) is 0.933. The third-order valence-electron chi connectivity index (χ3n) is 5.25. The summed E-state index contributed by atoms with van der Waals surface area (Å²) in [5.74, 6) is 0.780. The molecule has 2 aliphatic heterocycles. The molecule has 1 amide bonds. The predicted molar refractivity (Wildman–Crippen MR) is 75.7 cm³/mol. The van der Waals surface area contributed by atoms with Crippen LogP contribution in [0.3, 0.4) is 0 Å². The summed E-state index contributed by atoms with van der Waals surface area (Å²) in [6.45, 7) is 2.40. The summed E-state index contributed by atoms with van der Waals surface area (Å²) in [6.07, 6.45) is 8.94. The summed E-state index contributed by atoms with van der Waals surface area (Å²) < 4.78 is 0. The number of nitrogens with two attached hydrogens (primary N) is 1. The van der Waals surface area contributed by atoms with E-state index in [4.69, 9.17) is 5.73 Å². The molecule has 4 heteroatoms. The van der Waals surface area contributed by atoms with Crippen LogP contribution in [-0.4, -0.2) is 42.0 Å². The second-order valence-electron chi connectivity index (χ2n) is 6.71. The van der Waals surface area contributed by atoms with Crippen LogP contribution >= 0.6 is 0 Å². The van der Waals surface area contributed by atoms with E-state index in [9.17, 15) is 4.79 Å². The average molecular weight is 265 g/mol. The second kappa shape index (κ2) is 5.80. The molecule has 108 valence electrons. The predicted octanol–water partition coefficient (Wildman–Crippen LogP) is 1.25. The van der Waals surface area contributed by atoms with Crippen molar-refractivity contribution in [3.05, 3.63) is 0 Å². The molecule has 0 aromatic heterocycles. The van der Waals surface area contributed by atoms with Gasteiger partial charge in [-0.2, -0.15) is 0 Å². The molecule has 3 fully saturated rings. The molecule has 1 aliphatic carbocycles. The highest BCUT2D eigenvalue weighted by molar-refractivity contribution is 5.76. The molecule has 0 aromatic carbocycles. The summed E-state index contributed by atoms with van der Waals surface area (Å²) in [5, 5.41) is 3.29. The van der Waals surface area contributed by atoms with Crippen molar-refractivity contribution in [1.82, 2.24) is 10.2 Å². The summed E-state index contributed by atoms with van der Waals surface area (Å²) in [4.78, 5) is 14.7. The Labute approximate surface area is 116 Å². The van der Waals surface area contributed by atoms with Gasteiger partial charge in [0, 0.05) is 31.1 Å². The molecule has 19 heavy (non-hydrogen) atoms. The number of nitrogens with one attached hydrogen (secondary N) is 1. The highest BCUT2D eigenvalue weighted by atomic mass is 16.1. The van der Waals surface area contributed by atoms with Crippen LogP contribution in [0.15, 0.2) is 0 Å². The van der Waals surface area contributed by atoms with Crippen LogP contribution in [0, 0.1) is 5.92 Å². The average Bonchev–Trinajstić information content (AvgIpc) is 2.94. The Kier molecular flexibility index (Phi) is 4.08. The van der Waals surface area contributed by atoms with Gasteiger partial charge in [-0.05, 0) is 51.0 Å². The van der Waals surface area contributed by atoms with Gasteiger partial charge < -0.3 is 11.1 Å². The Morgan fingerprint density at radius 1 is 1.16 bits per heavy atom. The van der Waals surface area contributed by atoms with E-state index >= 15 is 0 Å². The number of amides is 1. The largest absolute Gasteiger partial charge is 0.352 e. The Balaban J connectivity index is 1.46. The van der Waals surface area contributed by atoms with Gasteiger partial charge in [0.1, 0.15) is 0 Å². The van der Waals surface area contributed by atoms with E-state index in [-0.39, 0.29) is 5.91 Å². The molecule has 4 nitrogen and oxygen atoms in total. The lowest BCUT2D eigenvalue weighted by Gasteiger charge is -2.27. The highest BCUT2D eigenvalue weighted by Crippen LogP contribution is 2.29. The van der Waals surface area contributed by atoms with Crippen LogP contribution in [0.5, 0.6) is 0 Å². The first-order valence-electron chi connectivity index (χ1n) is 8.01. The molecule has 0 aromatic rings. The van der Waals surface area contributed by atoms with Gasteiger partial charge in [-0.1, -0.05) is 6.42 Å². The molecule has 0 radical (unpaired) electrons. The van der Waals surface area contributed by atoms with E-state index in [1.54, 1.807) is 0 Å². The van der Waals surface area contributed by atoms with Gasteiger partial charge in [0.15, 0.2) is 0 Å². The lowest BCUT2D eigenvalue weighted by atomic mass is 9.84. The van der Waals surface area contributed by atoms with Crippen molar-refractivity contribution in [2.45, 2.75) is 69.5 Å². The SMILES string of the molecule is NC1CCCC(CC(=O)NC2CCN3CCCC23)C1. The number of nitrogens with zero attached hydrogens (tertiary/aromatic N) is 1. The van der Waals surface area contributed by atoms with Crippen molar-refractivity contribution in [1.29, 1.82) is 0 Å². The normalized spacial score (nSPS) is 39.2. The zero-order valence-electron chi connectivity index (χ0n) is 11.8. The Hall–Kier alpha value is -0.610. The first-order valence-corrected chi connectivity index (χ1v) is 8.01. The van der Waals surface area contributed by atoms with Crippen molar-refractivity contribution < 1.29 is 4.79 Å². The smallest absolute Gasteiger partial charge is 0.220 e. The Morgan fingerprint density at radius 2 is 2.05 bits per heavy atom. The minimum Gasteiger partial charge on any atom is -0.352 e. The molecule has 3 N–H and O–H groups in total. The maximum Gasteiger partial charge on any atom is 0.220 e. The molecular formula is C15H27N3O. The number of carbonyl (C=O) groups excluding carboxylic acids is 1. The van der Waals surface area contributed by atoms with Crippen molar-refractivity contribution in [2.75, 3.05) is 13.1 Å². The zero-order chi connectivity index (χ0) is 13.2. The fourth-order valence-electron chi connectivity index (χ4n) is 4.30. The molecule has 1 saturated carbocycles. The van der Waals surface area contributed by atoms with Crippen LogP contribution in [0.25, 0.3) is 0 Å². The summed E-state index contributed by atoms with van der Waals surface area (Å²) in [6, 6.07) is 1.35. The number of hydrogen-bond donors (Lipinski definition) is 2. The lowest BCUT2D eigenvalue weighted by Crippen LogP contribution is -2.43. The van der Waals surface area contributed by atoms with Gasteiger partial charge in [-0.3, -0.25) is 9.69 Å². The van der Waals surface area contributed by atoms with Gasteiger partial charge in [0.05, 0.1) is 0 Å². The third kappa shape index (κ3) is 3.11. The molecule has 4 unspecified atom stereocenters. The van der Waals surface area contributed by atoms with Gasteiger partial charge in [-0.25, -0.2) is 0 Å². The molecule has 3 aliphatic rings. The monoisotopic (exact) mass is 265 g/mol. The molecule has 0 spiro atoms. The van der Waals surface area contributed by atoms with E-state index in [1.165, 1.54) is 38.8 Å². The van der Waals surface area contributed by atoms with Crippen molar-refractivity contribution >= 4 is 5.91 Å². The lowest BCUT2D eigenvalue weighted by molar-refractivity contribution is -0.123. The van der Waals surface area contributed by atoms with Crippen LogP contribution in [0.4, 0.5) is 0 Å². The number of fused-ring (bicyclic) bond motifs is 1. The van der Waals surface area contributed by atoms with Gasteiger partial charge in [0.2, 0.25) is 5.91 Å². The van der Waals surface area contributed by atoms with E-state index < -0.39 is 0 Å². The van der Waals surface area contributed by atoms with Gasteiger partial charge >= 0.3 is 0 Å². The third-order valence-corrected chi connectivity index (χ3v) is 5.25. The number of carbonyl (C=O) groups is 1. The first-order chi connectivity index (χ1) is 9.22. The number of hydrogen-bond acceptors (Lipinski definition) is 3. The summed E-state index contributed by atoms with van der Waals surface area (Å²) in [7, 11) is 0. The van der Waals surface area contributed by atoms with E-state index in [0.29, 0.717) is 30.5 Å². The van der Waals surface area contributed by atoms with Crippen LogP contribution in [-0.2, 0) is 4.79 Å². The Bertz CT molecular complexity index is 333. The molecule has 0 bridgehead atoms. The maximum absolute atomic E-state index is 12.2. The molecule has 2 heterocycles. The van der Waals surface area contributed by atoms with Crippen molar-refractivity contribution in [3.63, 3.8) is 0 Å². The molecular weight excluding hydrogens is 238 g/mol. The van der Waals surface area contributed by atoms with E-state index in [2.05, 4.69) is 10.2 Å². The quantitative estimate of drug-likeness (QED) is 0.807. The van der Waals surface area contributed by atoms with Crippen LogP contribution in [0.2, 0.25) is 0 Å². The topological polar surface area (TPSA) is 58.4 Å². The van der Waals surface area contributed by atoms with E-state index in [0.717, 1.165) is 19.3 Å². The summed E-state index contributed by atoms with van der Waals surface area (Å²) in [5.41, 5.74) is 6.00. The maximum atomic E-state index is 12.2. The molecule has 3 rings (SSSR count). The molecule has 2 saturated heterocycles. The van der Waals surface area contributed by atoms with Crippen LogP contribution in [0.1, 0.15) is 51.4 Å². The second-order valence-corrected chi connectivity index (χ2v) is 6.71. The summed E-state index contributed by atoms with van der Waals surface area (Å²) >= 11 is 0. The van der Waals surface area contributed by atoms with Gasteiger partial charge in [-0.15, -0.1) is 0 Å². The van der Waals surface area contributed by atoms with Gasteiger partial charge in [0.25, 0.3) is 0 Å². The Morgan fingerprint density at radius 3 is 2.89 bits per heavy atom. The first kappa shape index (κ1) is 13.4. The number of rotatable bonds is 3. The molecule has 4 atom stereocenters. The van der Waals surface area contributed by atoms with Crippen LogP contribution < -0.4 is 11.1 Å². The standard InChI is InChI=1S/C15H27N3O/c16-12-4-1-3-11(9-12)10-15(19)17-13-6-8-18-7-2-5-14(13)18/h11-14H,1-10,16H2,(H,17,19). The minimum absolute atomic E-state index is 0.262. The highest BCUT2D eigenvalue weighted by Gasteiger charge is 2.37. The zero-order valence-corrected chi connectivity index (χ0v) is 11.8. The van der Waals surface area contributed by atoms with Crippen molar-refractivity contribution in [3.8, 4) is 0 Å². The van der Waals surface area contributed by atoms with Crippen molar-refractivity contribution in [2.24, 2.45) is 11.7 Å². The van der Waals surface area contributed by atoms with E-state index in [1.807, 2.05) is 0 Å².